The molecule has 0 heterocycles. The average molecular weight is 311 g/mol. The van der Waals surface area contributed by atoms with Crippen molar-refractivity contribution in [2.45, 2.75) is 40.0 Å². The summed E-state index contributed by atoms with van der Waals surface area (Å²) in [6, 6.07) is 14.1. The number of carbonyl (C=O) groups is 1. The van der Waals surface area contributed by atoms with Gasteiger partial charge in [0.1, 0.15) is 5.75 Å². The molecule has 0 radical (unpaired) electrons. The zero-order valence-electron chi connectivity index (χ0n) is 14.2. The van der Waals surface area contributed by atoms with Gasteiger partial charge in [-0.05, 0) is 49.9 Å². The SMILES string of the molecule is CCc1cccc(C)c1NC(=O)CCCOc1ccc(C)cc1. The lowest BCUT2D eigenvalue weighted by atomic mass is 10.1. The number of amides is 1. The molecule has 2 aromatic rings. The Morgan fingerprint density at radius 2 is 1.83 bits per heavy atom. The highest BCUT2D eigenvalue weighted by Crippen LogP contribution is 2.21. The van der Waals surface area contributed by atoms with Crippen LogP contribution < -0.4 is 10.1 Å². The fourth-order valence-corrected chi connectivity index (χ4v) is 2.46. The average Bonchev–Trinajstić information content (AvgIpc) is 2.55. The van der Waals surface area contributed by atoms with Crippen LogP contribution in [0.2, 0.25) is 0 Å². The van der Waals surface area contributed by atoms with Gasteiger partial charge in [-0.1, -0.05) is 42.8 Å². The first kappa shape index (κ1) is 17.1. The molecule has 0 saturated carbocycles. The summed E-state index contributed by atoms with van der Waals surface area (Å²) in [6.07, 6.45) is 2.07. The standard InChI is InChI=1S/C20H25NO2/c1-4-17-8-5-7-16(3)20(17)21-19(22)9-6-14-23-18-12-10-15(2)11-13-18/h5,7-8,10-13H,4,6,9,14H2,1-3H3,(H,21,22). The van der Waals surface area contributed by atoms with Crippen LogP contribution in [0.4, 0.5) is 5.69 Å². The predicted molar refractivity (Wildman–Crippen MR) is 95.1 cm³/mol. The maximum absolute atomic E-state index is 12.1. The van der Waals surface area contributed by atoms with E-state index < -0.39 is 0 Å². The van der Waals surface area contributed by atoms with Gasteiger partial charge in [-0.3, -0.25) is 4.79 Å². The van der Waals surface area contributed by atoms with E-state index in [1.165, 1.54) is 11.1 Å². The number of hydrogen-bond acceptors (Lipinski definition) is 2. The van der Waals surface area contributed by atoms with Crippen LogP contribution in [-0.2, 0) is 11.2 Å². The first-order valence-corrected chi connectivity index (χ1v) is 8.18. The number of nitrogens with one attached hydrogen (secondary N) is 1. The normalized spacial score (nSPS) is 10.4. The van der Waals surface area contributed by atoms with E-state index in [1.54, 1.807) is 0 Å². The molecule has 122 valence electrons. The first-order chi connectivity index (χ1) is 11.1. The molecule has 3 nitrogen and oxygen atoms in total. The fraction of sp³-hybridized carbons (Fsp3) is 0.350. The lowest BCUT2D eigenvalue weighted by Gasteiger charge is -2.13. The Bertz CT molecular complexity index is 647. The number of anilines is 1. The van der Waals surface area contributed by atoms with Gasteiger partial charge >= 0.3 is 0 Å². The van der Waals surface area contributed by atoms with Crippen molar-refractivity contribution in [1.82, 2.24) is 0 Å². The van der Waals surface area contributed by atoms with E-state index in [1.807, 2.05) is 50.2 Å². The molecule has 0 atom stereocenters. The van der Waals surface area contributed by atoms with E-state index >= 15 is 0 Å². The Balaban J connectivity index is 1.78. The second kappa shape index (κ2) is 8.37. The minimum atomic E-state index is 0.0431. The maximum atomic E-state index is 12.1. The number of carbonyl (C=O) groups excluding carboxylic acids is 1. The lowest BCUT2D eigenvalue weighted by molar-refractivity contribution is -0.116. The summed E-state index contributed by atoms with van der Waals surface area (Å²) >= 11 is 0. The van der Waals surface area contributed by atoms with Crippen LogP contribution in [0.1, 0.15) is 36.5 Å². The first-order valence-electron chi connectivity index (χ1n) is 8.18. The molecule has 0 fully saturated rings. The molecule has 0 aliphatic carbocycles. The van der Waals surface area contributed by atoms with Crippen molar-refractivity contribution in [3.8, 4) is 5.75 Å². The highest BCUT2D eigenvalue weighted by atomic mass is 16.5. The van der Waals surface area contributed by atoms with E-state index in [-0.39, 0.29) is 5.91 Å². The van der Waals surface area contributed by atoms with Crippen molar-refractivity contribution in [1.29, 1.82) is 0 Å². The summed E-state index contributed by atoms with van der Waals surface area (Å²) in [5, 5.41) is 3.04. The molecule has 2 aromatic carbocycles. The minimum absolute atomic E-state index is 0.0431. The van der Waals surface area contributed by atoms with Gasteiger partial charge in [0.25, 0.3) is 0 Å². The number of aryl methyl sites for hydroxylation is 3. The number of ether oxygens (including phenoxy) is 1. The lowest BCUT2D eigenvalue weighted by Crippen LogP contribution is -2.15. The molecule has 0 bridgehead atoms. The monoisotopic (exact) mass is 311 g/mol. The van der Waals surface area contributed by atoms with Gasteiger partial charge in [0.05, 0.1) is 6.61 Å². The van der Waals surface area contributed by atoms with Crippen molar-refractivity contribution < 1.29 is 9.53 Å². The fourth-order valence-electron chi connectivity index (χ4n) is 2.46. The van der Waals surface area contributed by atoms with E-state index in [9.17, 15) is 4.79 Å². The summed E-state index contributed by atoms with van der Waals surface area (Å²) in [5.74, 6) is 0.893. The Morgan fingerprint density at radius 3 is 2.52 bits per heavy atom. The Kier molecular flexibility index (Phi) is 6.21. The zero-order chi connectivity index (χ0) is 16.7. The highest BCUT2D eigenvalue weighted by molar-refractivity contribution is 5.92. The van der Waals surface area contributed by atoms with Crippen LogP contribution >= 0.6 is 0 Å². The van der Waals surface area contributed by atoms with E-state index in [0.29, 0.717) is 19.4 Å². The summed E-state index contributed by atoms with van der Waals surface area (Å²) < 4.78 is 5.65. The Hall–Kier alpha value is -2.29. The zero-order valence-corrected chi connectivity index (χ0v) is 14.2. The largest absolute Gasteiger partial charge is 0.494 e. The van der Waals surface area contributed by atoms with Crippen LogP contribution in [0.3, 0.4) is 0 Å². The van der Waals surface area contributed by atoms with E-state index in [4.69, 9.17) is 4.74 Å². The molecule has 0 spiro atoms. The topological polar surface area (TPSA) is 38.3 Å². The molecule has 0 aliphatic heterocycles. The quantitative estimate of drug-likeness (QED) is 0.755. The van der Waals surface area contributed by atoms with Crippen LogP contribution in [-0.4, -0.2) is 12.5 Å². The molecule has 0 unspecified atom stereocenters. The number of hydrogen-bond donors (Lipinski definition) is 1. The molecule has 0 saturated heterocycles. The number of rotatable bonds is 7. The predicted octanol–water partition coefficient (Wildman–Crippen LogP) is 4.66. The maximum Gasteiger partial charge on any atom is 0.224 e. The number of para-hydroxylation sites is 1. The van der Waals surface area contributed by atoms with E-state index in [0.717, 1.165) is 23.4 Å². The van der Waals surface area contributed by atoms with Gasteiger partial charge < -0.3 is 10.1 Å². The van der Waals surface area contributed by atoms with Gasteiger partial charge in [-0.2, -0.15) is 0 Å². The van der Waals surface area contributed by atoms with Gasteiger partial charge in [-0.25, -0.2) is 0 Å². The molecule has 1 N–H and O–H groups in total. The molecular formula is C20H25NO2. The van der Waals surface area contributed by atoms with Crippen LogP contribution in [0, 0.1) is 13.8 Å². The minimum Gasteiger partial charge on any atom is -0.494 e. The van der Waals surface area contributed by atoms with Crippen LogP contribution in [0.5, 0.6) is 5.75 Å². The Labute approximate surface area is 138 Å². The van der Waals surface area contributed by atoms with Gasteiger partial charge in [0.2, 0.25) is 5.91 Å². The molecule has 23 heavy (non-hydrogen) atoms. The summed E-state index contributed by atoms with van der Waals surface area (Å²) in [6.45, 7) is 6.71. The smallest absolute Gasteiger partial charge is 0.224 e. The van der Waals surface area contributed by atoms with Crippen molar-refractivity contribution in [2.75, 3.05) is 11.9 Å². The van der Waals surface area contributed by atoms with Crippen LogP contribution in [0.25, 0.3) is 0 Å². The van der Waals surface area contributed by atoms with Gasteiger partial charge in [0, 0.05) is 12.1 Å². The molecule has 0 aliphatic rings. The van der Waals surface area contributed by atoms with Crippen molar-refractivity contribution in [3.05, 3.63) is 59.2 Å². The summed E-state index contributed by atoms with van der Waals surface area (Å²) in [4.78, 5) is 12.1. The van der Waals surface area contributed by atoms with Gasteiger partial charge in [-0.15, -0.1) is 0 Å². The molecular weight excluding hydrogens is 286 g/mol. The number of benzene rings is 2. The molecule has 2 rings (SSSR count). The third-order valence-corrected chi connectivity index (χ3v) is 3.84. The van der Waals surface area contributed by atoms with Crippen LogP contribution in [0.15, 0.2) is 42.5 Å². The third kappa shape index (κ3) is 5.13. The summed E-state index contributed by atoms with van der Waals surface area (Å²) in [7, 11) is 0. The molecule has 0 aromatic heterocycles. The van der Waals surface area contributed by atoms with E-state index in [2.05, 4.69) is 18.3 Å². The Morgan fingerprint density at radius 1 is 1.09 bits per heavy atom. The third-order valence-electron chi connectivity index (χ3n) is 3.84. The van der Waals surface area contributed by atoms with Gasteiger partial charge in [0.15, 0.2) is 0 Å². The van der Waals surface area contributed by atoms with Crippen molar-refractivity contribution in [3.63, 3.8) is 0 Å². The molecule has 3 heteroatoms. The van der Waals surface area contributed by atoms with Crippen molar-refractivity contribution >= 4 is 11.6 Å². The van der Waals surface area contributed by atoms with Crippen molar-refractivity contribution in [2.24, 2.45) is 0 Å². The second-order valence-electron chi connectivity index (χ2n) is 5.78. The molecule has 1 amide bonds. The second-order valence-corrected chi connectivity index (χ2v) is 5.78. The highest BCUT2D eigenvalue weighted by Gasteiger charge is 2.08. The summed E-state index contributed by atoms with van der Waals surface area (Å²) in [5.41, 5.74) is 4.45.